The van der Waals surface area contributed by atoms with Crippen LogP contribution >= 0.6 is 8.77 Å². The average molecular weight is 396 g/mol. The Kier molecular flexibility index (Phi) is 9.57. The lowest BCUT2D eigenvalue weighted by Crippen LogP contribution is -2.29. The molecule has 0 bridgehead atoms. The summed E-state index contributed by atoms with van der Waals surface area (Å²) >= 11 is 0. The minimum absolute atomic E-state index is 0.349. The minimum Gasteiger partial charge on any atom is -0.390 e. The van der Waals surface area contributed by atoms with Crippen molar-refractivity contribution in [3.8, 4) is 0 Å². The van der Waals surface area contributed by atoms with Crippen molar-refractivity contribution in [2.24, 2.45) is 0 Å². The second-order valence-corrected chi connectivity index (χ2v) is 5.67. The summed E-state index contributed by atoms with van der Waals surface area (Å²) < 4.78 is 90.8. The highest BCUT2D eigenvalue weighted by molar-refractivity contribution is 7.39. The molecule has 0 aliphatic rings. The Morgan fingerprint density at radius 2 is 1.40 bits per heavy atom. The van der Waals surface area contributed by atoms with Gasteiger partial charge in [-0.15, -0.1) is 6.58 Å². The molecule has 25 heavy (non-hydrogen) atoms. The minimum atomic E-state index is -3.62. The van der Waals surface area contributed by atoms with E-state index in [1.165, 1.54) is 6.08 Å². The van der Waals surface area contributed by atoms with E-state index in [9.17, 15) is 35.5 Å². The van der Waals surface area contributed by atoms with Gasteiger partial charge in [0.1, 0.15) is 0 Å². The van der Waals surface area contributed by atoms with Gasteiger partial charge in [0.2, 0.25) is 5.82 Å². The molecule has 11 heteroatoms. The summed E-state index contributed by atoms with van der Waals surface area (Å²) in [6, 6.07) is 0. The molecule has 1 atom stereocenters. The zero-order valence-electron chi connectivity index (χ0n) is 13.2. The summed E-state index contributed by atoms with van der Waals surface area (Å²) in [5.74, 6) is -10.2. The van der Waals surface area contributed by atoms with Crippen molar-refractivity contribution in [1.82, 2.24) is 0 Å². The van der Waals surface area contributed by atoms with Crippen molar-refractivity contribution in [3.05, 3.63) is 47.3 Å². The molecule has 0 heterocycles. The van der Waals surface area contributed by atoms with Crippen LogP contribution in [0.1, 0.15) is 19.4 Å². The third kappa shape index (κ3) is 7.68. The summed E-state index contributed by atoms with van der Waals surface area (Å²) in [6.45, 7) is 6.40. The predicted octanol–water partition coefficient (Wildman–Crippen LogP) is 4.41. The van der Waals surface area contributed by atoms with E-state index in [0.717, 1.165) is 0 Å². The van der Waals surface area contributed by atoms with Gasteiger partial charge in [-0.05, 0) is 13.8 Å². The van der Waals surface area contributed by atoms with E-state index in [2.05, 4.69) is 6.58 Å². The number of ether oxygens (including phenoxy) is 1. The van der Waals surface area contributed by atoms with Crippen LogP contribution in [-0.4, -0.2) is 28.3 Å². The fourth-order valence-corrected chi connectivity index (χ4v) is 1.49. The highest BCUT2D eigenvalue weighted by Gasteiger charge is 2.27. The van der Waals surface area contributed by atoms with E-state index in [4.69, 9.17) is 9.63 Å². The highest BCUT2D eigenvalue weighted by Crippen LogP contribution is 2.31. The lowest BCUT2D eigenvalue weighted by molar-refractivity contribution is -0.0326. The monoisotopic (exact) mass is 396 g/mol. The Bertz CT molecular complexity index is 565. The molecule has 0 aromatic heterocycles. The molecule has 1 aromatic carbocycles. The standard InChI is InChI=1S/C14H15F5O2.F2HOP/c1-4-14(2,3)21-6-7(20)5-8-9(15)11(17)13(19)12(18)10(8)16;1-4(2)3/h4,7,20H,1,5-6H2,2-3H3;3H. The Hall–Kier alpha value is -1.22. The molecule has 144 valence electrons. The number of rotatable bonds is 6. The van der Waals surface area contributed by atoms with Gasteiger partial charge in [0.25, 0.3) is 0 Å². The first-order valence-corrected chi connectivity index (χ1v) is 7.68. The molecule has 0 aliphatic heterocycles. The SMILES string of the molecule is C=CC(C)(C)OCC(O)Cc1c(F)c(F)c(F)c(F)c1F.OP(F)F. The number of halogens is 7. The number of hydrogen-bond acceptors (Lipinski definition) is 3. The van der Waals surface area contributed by atoms with Crippen LogP contribution < -0.4 is 0 Å². The lowest BCUT2D eigenvalue weighted by atomic mass is 10.1. The van der Waals surface area contributed by atoms with E-state index in [0.29, 0.717) is 0 Å². The van der Waals surface area contributed by atoms with Crippen LogP contribution in [0.15, 0.2) is 12.7 Å². The maximum Gasteiger partial charge on any atom is 0.412 e. The van der Waals surface area contributed by atoms with E-state index in [-0.39, 0.29) is 6.61 Å². The normalized spacial score (nSPS) is 12.6. The molecule has 1 rings (SSSR count). The Balaban J connectivity index is 0.00000129. The van der Waals surface area contributed by atoms with E-state index >= 15 is 0 Å². The van der Waals surface area contributed by atoms with Gasteiger partial charge in [-0.3, -0.25) is 0 Å². The van der Waals surface area contributed by atoms with Crippen LogP contribution in [-0.2, 0) is 11.2 Å². The number of hydrogen-bond donors (Lipinski definition) is 2. The third-order valence-electron chi connectivity index (χ3n) is 2.88. The first-order valence-electron chi connectivity index (χ1n) is 6.60. The van der Waals surface area contributed by atoms with Crippen LogP contribution in [0.4, 0.5) is 30.3 Å². The van der Waals surface area contributed by atoms with Crippen molar-refractivity contribution in [3.63, 3.8) is 0 Å². The largest absolute Gasteiger partial charge is 0.412 e. The molecule has 0 fully saturated rings. The van der Waals surface area contributed by atoms with Crippen LogP contribution in [0.2, 0.25) is 0 Å². The Morgan fingerprint density at radius 3 is 1.76 bits per heavy atom. The van der Waals surface area contributed by atoms with Gasteiger partial charge in [0.05, 0.1) is 18.3 Å². The summed E-state index contributed by atoms with van der Waals surface area (Å²) in [5.41, 5.74) is -1.86. The molecular formula is C14H16F7O3P. The van der Waals surface area contributed by atoms with Crippen molar-refractivity contribution in [1.29, 1.82) is 0 Å². The zero-order chi connectivity index (χ0) is 19.9. The predicted molar refractivity (Wildman–Crippen MR) is 77.5 cm³/mol. The van der Waals surface area contributed by atoms with Gasteiger partial charge in [-0.2, -0.15) is 8.39 Å². The second kappa shape index (κ2) is 10.1. The molecule has 0 amide bonds. The number of benzene rings is 1. The molecular weight excluding hydrogens is 380 g/mol. The quantitative estimate of drug-likeness (QED) is 0.246. The molecule has 1 unspecified atom stereocenters. The van der Waals surface area contributed by atoms with Crippen molar-refractivity contribution in [2.75, 3.05) is 6.61 Å². The molecule has 0 spiro atoms. The fraction of sp³-hybridized carbons (Fsp3) is 0.429. The van der Waals surface area contributed by atoms with Gasteiger partial charge < -0.3 is 14.7 Å². The van der Waals surface area contributed by atoms with Gasteiger partial charge >= 0.3 is 8.77 Å². The molecule has 0 saturated heterocycles. The summed E-state index contributed by atoms with van der Waals surface area (Å²) in [5, 5.41) is 9.63. The number of aliphatic hydroxyl groups is 1. The Labute approximate surface area is 140 Å². The summed E-state index contributed by atoms with van der Waals surface area (Å²) in [7, 11) is -3.62. The highest BCUT2D eigenvalue weighted by atomic mass is 31.2. The first-order chi connectivity index (χ1) is 11.3. The topological polar surface area (TPSA) is 49.7 Å². The third-order valence-corrected chi connectivity index (χ3v) is 2.88. The lowest BCUT2D eigenvalue weighted by Gasteiger charge is -2.23. The first kappa shape index (κ1) is 23.8. The van der Waals surface area contributed by atoms with Crippen molar-refractivity contribution in [2.45, 2.75) is 32.0 Å². The van der Waals surface area contributed by atoms with Gasteiger partial charge in [-0.25, -0.2) is 22.0 Å². The smallest absolute Gasteiger partial charge is 0.390 e. The van der Waals surface area contributed by atoms with Crippen LogP contribution in [0.5, 0.6) is 0 Å². The van der Waals surface area contributed by atoms with E-state index in [1.807, 2.05) is 0 Å². The van der Waals surface area contributed by atoms with Crippen LogP contribution in [0.3, 0.4) is 0 Å². The van der Waals surface area contributed by atoms with Crippen molar-refractivity contribution >= 4 is 8.77 Å². The van der Waals surface area contributed by atoms with Gasteiger partial charge in [-0.1, -0.05) is 6.08 Å². The maximum absolute atomic E-state index is 13.4. The fourth-order valence-electron chi connectivity index (χ4n) is 1.49. The van der Waals surface area contributed by atoms with E-state index in [1.54, 1.807) is 13.8 Å². The maximum atomic E-state index is 13.4. The van der Waals surface area contributed by atoms with Crippen LogP contribution in [0.25, 0.3) is 0 Å². The van der Waals surface area contributed by atoms with E-state index < -0.39 is 61.5 Å². The van der Waals surface area contributed by atoms with Gasteiger partial charge in [0, 0.05) is 12.0 Å². The Morgan fingerprint density at radius 1 is 1.04 bits per heavy atom. The molecule has 1 aromatic rings. The van der Waals surface area contributed by atoms with Gasteiger partial charge in [0.15, 0.2) is 23.3 Å². The summed E-state index contributed by atoms with van der Waals surface area (Å²) in [6.07, 6.45) is -0.755. The molecule has 3 nitrogen and oxygen atoms in total. The van der Waals surface area contributed by atoms with Crippen molar-refractivity contribution < 1.29 is 45.1 Å². The molecule has 0 saturated carbocycles. The number of aliphatic hydroxyl groups excluding tert-OH is 1. The molecule has 0 radical (unpaired) electrons. The van der Waals surface area contributed by atoms with Crippen LogP contribution in [0, 0.1) is 29.1 Å². The average Bonchev–Trinajstić information content (AvgIpc) is 2.53. The zero-order valence-corrected chi connectivity index (χ0v) is 14.1. The summed E-state index contributed by atoms with van der Waals surface area (Å²) in [4.78, 5) is 6.79. The molecule has 0 aliphatic carbocycles. The second-order valence-electron chi connectivity index (χ2n) is 5.24. The molecule has 2 N–H and O–H groups in total.